The number of hydrogen-bond donors (Lipinski definition) is 0. The van der Waals surface area contributed by atoms with Crippen LogP contribution in [0.2, 0.25) is 0 Å². The molecule has 26 heavy (non-hydrogen) atoms. The van der Waals surface area contributed by atoms with Gasteiger partial charge in [0.1, 0.15) is 4.90 Å². The fraction of sp³-hybridized carbons (Fsp3) is 0.375. The predicted octanol–water partition coefficient (Wildman–Crippen LogP) is 2.69. The minimum Gasteiger partial charge on any atom is -0.353 e. The first-order valence-corrected chi connectivity index (χ1v) is 9.51. The van der Waals surface area contributed by atoms with Crippen LogP contribution in [-0.4, -0.2) is 42.0 Å². The lowest BCUT2D eigenvalue weighted by Crippen LogP contribution is -2.40. The van der Waals surface area contributed by atoms with Gasteiger partial charge in [0, 0.05) is 24.8 Å². The van der Waals surface area contributed by atoms with Crippen molar-refractivity contribution in [2.75, 3.05) is 13.1 Å². The summed E-state index contributed by atoms with van der Waals surface area (Å²) in [6.45, 7) is 0.939. The van der Waals surface area contributed by atoms with E-state index in [2.05, 4.69) is 9.50 Å². The molecule has 138 valence electrons. The summed E-state index contributed by atoms with van der Waals surface area (Å²) < 4.78 is 67.9. The number of hydrogen-bond acceptors (Lipinski definition) is 4. The Morgan fingerprint density at radius 3 is 2.65 bits per heavy atom. The fourth-order valence-corrected chi connectivity index (χ4v) is 4.60. The molecule has 6 nitrogen and oxygen atoms in total. The van der Waals surface area contributed by atoms with Crippen LogP contribution in [0.3, 0.4) is 0 Å². The number of fused-ring (bicyclic) bond motifs is 1. The summed E-state index contributed by atoms with van der Waals surface area (Å²) in [5.41, 5.74) is -0.398. The van der Waals surface area contributed by atoms with Gasteiger partial charge in [0.25, 0.3) is 10.0 Å². The first-order valence-electron chi connectivity index (χ1n) is 8.07. The van der Waals surface area contributed by atoms with Crippen molar-refractivity contribution in [1.82, 2.24) is 14.7 Å². The van der Waals surface area contributed by atoms with E-state index < -0.39 is 21.9 Å². The van der Waals surface area contributed by atoms with Crippen molar-refractivity contribution in [3.05, 3.63) is 47.8 Å². The zero-order chi connectivity index (χ0) is 18.5. The molecule has 1 aromatic heterocycles. The van der Waals surface area contributed by atoms with Gasteiger partial charge < -0.3 is 4.90 Å². The molecule has 4 rings (SSSR count). The molecule has 1 atom stereocenters. The molecule has 0 saturated carbocycles. The Hall–Kier alpha value is -2.36. The monoisotopic (exact) mass is 384 g/mol. The Balaban J connectivity index is 1.61. The number of alkyl halides is 3. The maximum absolute atomic E-state index is 12.8. The van der Waals surface area contributed by atoms with Gasteiger partial charge in [0.2, 0.25) is 0 Å². The van der Waals surface area contributed by atoms with E-state index in [-0.39, 0.29) is 10.9 Å². The summed E-state index contributed by atoms with van der Waals surface area (Å²) >= 11 is 0. The Labute approximate surface area is 148 Å². The quantitative estimate of drug-likeness (QED) is 0.758. The van der Waals surface area contributed by atoms with E-state index in [1.54, 1.807) is 18.2 Å². The molecular weight excluding hydrogens is 369 g/mol. The molecule has 1 fully saturated rings. The van der Waals surface area contributed by atoms with Crippen LogP contribution in [-0.2, 0) is 16.2 Å². The summed E-state index contributed by atoms with van der Waals surface area (Å²) in [6, 6.07) is 7.24. The highest BCUT2D eigenvalue weighted by Crippen LogP contribution is 2.32. The summed E-state index contributed by atoms with van der Waals surface area (Å²) in [6.07, 6.45) is -1.80. The Kier molecular flexibility index (Phi) is 3.83. The molecule has 0 spiro atoms. The largest absolute Gasteiger partial charge is 0.435 e. The molecular formula is C16H15F3N4O2S. The van der Waals surface area contributed by atoms with E-state index >= 15 is 0 Å². The van der Waals surface area contributed by atoms with Gasteiger partial charge in [0.05, 0.1) is 6.04 Å². The van der Waals surface area contributed by atoms with Crippen LogP contribution >= 0.6 is 0 Å². The van der Waals surface area contributed by atoms with Crippen molar-refractivity contribution >= 4 is 15.9 Å². The topological polar surface area (TPSA) is 67.6 Å². The number of likely N-dealkylation sites (tertiary alicyclic amines) is 1. The lowest BCUT2D eigenvalue weighted by Gasteiger charge is -2.34. The van der Waals surface area contributed by atoms with E-state index in [9.17, 15) is 21.6 Å². The van der Waals surface area contributed by atoms with Crippen molar-refractivity contribution in [3.8, 4) is 0 Å². The van der Waals surface area contributed by atoms with E-state index in [0.717, 1.165) is 6.07 Å². The second kappa shape index (κ2) is 5.83. The van der Waals surface area contributed by atoms with Crippen LogP contribution in [0, 0.1) is 0 Å². The number of benzene rings is 1. The second-order valence-electron chi connectivity index (χ2n) is 6.31. The first kappa shape index (κ1) is 17.1. The van der Waals surface area contributed by atoms with Crippen molar-refractivity contribution in [1.29, 1.82) is 0 Å². The normalized spacial score (nSPS) is 22.2. The molecule has 0 radical (unpaired) electrons. The van der Waals surface area contributed by atoms with Crippen LogP contribution in [0.5, 0.6) is 0 Å². The molecule has 10 heteroatoms. The number of sulfonamides is 1. The highest BCUT2D eigenvalue weighted by atomic mass is 32.2. The van der Waals surface area contributed by atoms with Gasteiger partial charge in [-0.05, 0) is 31.0 Å². The SMILES string of the molecule is O=S1(=O)N=C(N2CCCC(n3ccc(C(F)(F)F)n3)C2)c2ccccc21. The van der Waals surface area contributed by atoms with Crippen LogP contribution in [0.1, 0.15) is 30.1 Å². The predicted molar refractivity (Wildman–Crippen MR) is 87.2 cm³/mol. The van der Waals surface area contributed by atoms with E-state index in [0.29, 0.717) is 37.3 Å². The van der Waals surface area contributed by atoms with Crippen molar-refractivity contribution in [2.24, 2.45) is 4.40 Å². The number of piperidine rings is 1. The highest BCUT2D eigenvalue weighted by molar-refractivity contribution is 7.90. The maximum Gasteiger partial charge on any atom is 0.435 e. The lowest BCUT2D eigenvalue weighted by atomic mass is 10.0. The average molecular weight is 384 g/mol. The van der Waals surface area contributed by atoms with Gasteiger partial charge in [-0.3, -0.25) is 4.68 Å². The van der Waals surface area contributed by atoms with Gasteiger partial charge in [0.15, 0.2) is 11.5 Å². The van der Waals surface area contributed by atoms with Gasteiger partial charge in [-0.2, -0.15) is 26.7 Å². The number of halogens is 3. The van der Waals surface area contributed by atoms with Gasteiger partial charge in [-0.1, -0.05) is 12.1 Å². The third-order valence-electron chi connectivity index (χ3n) is 4.58. The van der Waals surface area contributed by atoms with E-state index in [1.807, 2.05) is 4.90 Å². The fourth-order valence-electron chi connectivity index (χ4n) is 3.37. The Bertz CT molecular complexity index is 981. The molecule has 0 N–H and O–H groups in total. The average Bonchev–Trinajstić information content (AvgIpc) is 3.19. The number of nitrogens with zero attached hydrogens (tertiary/aromatic N) is 4. The van der Waals surface area contributed by atoms with Crippen molar-refractivity contribution in [2.45, 2.75) is 30.0 Å². The first-order chi connectivity index (χ1) is 12.3. The molecule has 1 aromatic carbocycles. The van der Waals surface area contributed by atoms with Gasteiger partial charge in [-0.25, -0.2) is 0 Å². The molecule has 1 saturated heterocycles. The molecule has 2 aliphatic rings. The van der Waals surface area contributed by atoms with Crippen molar-refractivity contribution < 1.29 is 21.6 Å². The molecule has 0 bridgehead atoms. The summed E-state index contributed by atoms with van der Waals surface area (Å²) in [7, 11) is -3.73. The smallest absolute Gasteiger partial charge is 0.353 e. The zero-order valence-corrected chi connectivity index (χ0v) is 14.3. The molecule has 1 unspecified atom stereocenters. The third-order valence-corrected chi connectivity index (χ3v) is 5.91. The lowest BCUT2D eigenvalue weighted by molar-refractivity contribution is -0.141. The summed E-state index contributed by atoms with van der Waals surface area (Å²) in [5, 5.41) is 3.65. The number of rotatable bonds is 1. The highest BCUT2D eigenvalue weighted by Gasteiger charge is 2.36. The molecule has 0 amide bonds. The van der Waals surface area contributed by atoms with Crippen molar-refractivity contribution in [3.63, 3.8) is 0 Å². The second-order valence-corrected chi connectivity index (χ2v) is 7.88. The van der Waals surface area contributed by atoms with Gasteiger partial charge in [-0.15, -0.1) is 4.40 Å². The number of amidine groups is 1. The van der Waals surface area contributed by atoms with Crippen LogP contribution in [0.25, 0.3) is 0 Å². The van der Waals surface area contributed by atoms with Crippen LogP contribution < -0.4 is 0 Å². The standard InChI is InChI=1S/C16H15F3N4O2S/c17-16(18,19)14-7-9-23(20-14)11-4-3-8-22(10-11)15-12-5-1-2-6-13(12)26(24,25)21-15/h1-2,5-7,9,11H,3-4,8,10H2. The molecule has 3 heterocycles. The molecule has 0 aliphatic carbocycles. The summed E-state index contributed by atoms with van der Waals surface area (Å²) in [4.78, 5) is 1.97. The van der Waals surface area contributed by atoms with E-state index in [1.165, 1.54) is 16.9 Å². The zero-order valence-electron chi connectivity index (χ0n) is 13.5. The Morgan fingerprint density at radius 1 is 1.15 bits per heavy atom. The summed E-state index contributed by atoms with van der Waals surface area (Å²) in [5.74, 6) is 0.355. The minimum absolute atomic E-state index is 0.163. The van der Waals surface area contributed by atoms with Gasteiger partial charge >= 0.3 is 6.18 Å². The van der Waals surface area contributed by atoms with Crippen LogP contribution in [0.15, 0.2) is 45.8 Å². The Morgan fingerprint density at radius 2 is 1.92 bits per heavy atom. The molecule has 2 aliphatic heterocycles. The van der Waals surface area contributed by atoms with Crippen LogP contribution in [0.4, 0.5) is 13.2 Å². The van der Waals surface area contributed by atoms with E-state index in [4.69, 9.17) is 0 Å². The minimum atomic E-state index is -4.48. The number of aromatic nitrogens is 2. The third kappa shape index (κ3) is 2.87. The molecule has 2 aromatic rings. The maximum atomic E-state index is 12.8.